The number of para-hydroxylation sites is 1. The largest absolute Gasteiger partial charge is 0.481 e. The number of carboxylic acids is 1. The number of rotatable bonds is 5. The van der Waals surface area contributed by atoms with Crippen LogP contribution >= 0.6 is 0 Å². The first kappa shape index (κ1) is 12.5. The number of benzene rings is 1. The van der Waals surface area contributed by atoms with Crippen LogP contribution in [-0.4, -0.2) is 26.0 Å². The topological polar surface area (TPSA) is 81.8 Å². The molecule has 0 bridgehead atoms. The second kappa shape index (κ2) is 5.21. The maximum atomic E-state index is 10.5. The van der Waals surface area contributed by atoms with Crippen molar-refractivity contribution in [1.82, 2.24) is 15.0 Å². The predicted molar refractivity (Wildman–Crippen MR) is 76.5 cm³/mol. The van der Waals surface area contributed by atoms with E-state index in [0.29, 0.717) is 12.8 Å². The Hall–Kier alpha value is -2.56. The highest BCUT2D eigenvalue weighted by Gasteiger charge is 2.09. The summed E-state index contributed by atoms with van der Waals surface area (Å²) in [6, 6.07) is 8.09. The predicted octanol–water partition coefficient (Wildman–Crippen LogP) is 2.97. The van der Waals surface area contributed by atoms with Crippen LogP contribution in [0.15, 0.2) is 36.7 Å². The number of H-pyrrole nitrogens is 2. The van der Waals surface area contributed by atoms with Crippen LogP contribution in [0, 0.1) is 0 Å². The van der Waals surface area contributed by atoms with Gasteiger partial charge in [-0.3, -0.25) is 4.79 Å². The Kier molecular flexibility index (Phi) is 3.25. The zero-order valence-electron chi connectivity index (χ0n) is 10.9. The van der Waals surface area contributed by atoms with Gasteiger partial charge in [-0.15, -0.1) is 0 Å². The molecule has 0 saturated heterocycles. The van der Waals surface area contributed by atoms with Gasteiger partial charge in [-0.1, -0.05) is 18.2 Å². The van der Waals surface area contributed by atoms with Gasteiger partial charge in [0.2, 0.25) is 0 Å². The minimum absolute atomic E-state index is 0.170. The number of nitrogens with zero attached hydrogens (tertiary/aromatic N) is 1. The Labute approximate surface area is 115 Å². The highest BCUT2D eigenvalue weighted by molar-refractivity contribution is 5.94. The van der Waals surface area contributed by atoms with Crippen molar-refractivity contribution in [2.45, 2.75) is 19.3 Å². The first-order chi connectivity index (χ1) is 9.74. The van der Waals surface area contributed by atoms with Gasteiger partial charge < -0.3 is 15.1 Å². The molecule has 3 rings (SSSR count). The van der Waals surface area contributed by atoms with Gasteiger partial charge >= 0.3 is 5.97 Å². The molecule has 1 aromatic carbocycles. The summed E-state index contributed by atoms with van der Waals surface area (Å²) in [4.78, 5) is 21.3. The lowest BCUT2D eigenvalue weighted by atomic mass is 10.1. The number of carbonyl (C=O) groups is 1. The summed E-state index contributed by atoms with van der Waals surface area (Å²) in [5.41, 5.74) is 3.12. The lowest BCUT2D eigenvalue weighted by Gasteiger charge is -1.96. The van der Waals surface area contributed by atoms with E-state index in [1.165, 1.54) is 0 Å². The lowest BCUT2D eigenvalue weighted by Crippen LogP contribution is -1.96. The maximum Gasteiger partial charge on any atom is 0.303 e. The van der Waals surface area contributed by atoms with Crippen LogP contribution in [0.2, 0.25) is 0 Å². The third-order valence-corrected chi connectivity index (χ3v) is 3.31. The molecule has 0 unspecified atom stereocenters. The van der Waals surface area contributed by atoms with Crippen molar-refractivity contribution in [3.8, 4) is 11.3 Å². The molecular formula is C15H15N3O2. The quantitative estimate of drug-likeness (QED) is 0.666. The summed E-state index contributed by atoms with van der Waals surface area (Å²) >= 11 is 0. The van der Waals surface area contributed by atoms with Crippen LogP contribution in [-0.2, 0) is 11.2 Å². The Morgan fingerprint density at radius 3 is 3.00 bits per heavy atom. The van der Waals surface area contributed by atoms with Crippen molar-refractivity contribution in [3.63, 3.8) is 0 Å². The number of fused-ring (bicyclic) bond motifs is 1. The van der Waals surface area contributed by atoms with E-state index in [2.05, 4.69) is 21.0 Å². The number of carboxylic acid groups (broad SMARTS) is 1. The van der Waals surface area contributed by atoms with Crippen LogP contribution in [0.4, 0.5) is 0 Å². The van der Waals surface area contributed by atoms with E-state index in [9.17, 15) is 4.79 Å². The molecule has 5 nitrogen and oxygen atoms in total. The van der Waals surface area contributed by atoms with E-state index >= 15 is 0 Å². The molecule has 2 aromatic heterocycles. The van der Waals surface area contributed by atoms with Crippen LogP contribution in [0.5, 0.6) is 0 Å². The van der Waals surface area contributed by atoms with Crippen molar-refractivity contribution < 1.29 is 9.90 Å². The van der Waals surface area contributed by atoms with E-state index < -0.39 is 5.97 Å². The fourth-order valence-electron chi connectivity index (χ4n) is 2.33. The molecular weight excluding hydrogens is 254 g/mol. The van der Waals surface area contributed by atoms with Crippen molar-refractivity contribution in [1.29, 1.82) is 0 Å². The van der Waals surface area contributed by atoms with Crippen LogP contribution in [0.1, 0.15) is 18.7 Å². The van der Waals surface area contributed by atoms with Crippen molar-refractivity contribution >= 4 is 16.9 Å². The number of aliphatic carboxylic acids is 1. The zero-order chi connectivity index (χ0) is 13.9. The van der Waals surface area contributed by atoms with Crippen LogP contribution < -0.4 is 0 Å². The lowest BCUT2D eigenvalue weighted by molar-refractivity contribution is -0.137. The molecule has 0 amide bonds. The molecule has 0 aliphatic carbocycles. The zero-order valence-corrected chi connectivity index (χ0v) is 10.9. The van der Waals surface area contributed by atoms with Gasteiger partial charge in [-0.25, -0.2) is 4.98 Å². The second-order valence-electron chi connectivity index (χ2n) is 4.74. The summed E-state index contributed by atoms with van der Waals surface area (Å²) in [6.07, 6.45) is 5.17. The van der Waals surface area contributed by atoms with Gasteiger partial charge in [-0.05, 0) is 12.5 Å². The average molecular weight is 269 g/mol. The SMILES string of the molecule is O=C(O)CCCc1ncc(-c2c[nH]c3ccccc23)[nH]1. The van der Waals surface area contributed by atoms with Crippen molar-refractivity contribution in [2.75, 3.05) is 0 Å². The number of imidazole rings is 1. The van der Waals surface area contributed by atoms with E-state index in [4.69, 9.17) is 5.11 Å². The van der Waals surface area contributed by atoms with Crippen LogP contribution in [0.25, 0.3) is 22.2 Å². The third-order valence-electron chi connectivity index (χ3n) is 3.31. The molecule has 5 heteroatoms. The number of aryl methyl sites for hydroxylation is 1. The molecule has 0 radical (unpaired) electrons. The number of aromatic nitrogens is 3. The van der Waals surface area contributed by atoms with E-state index in [1.54, 1.807) is 6.20 Å². The first-order valence-electron chi connectivity index (χ1n) is 6.56. The summed E-state index contributed by atoms with van der Waals surface area (Å²) in [5, 5.41) is 9.78. The fourth-order valence-corrected chi connectivity index (χ4v) is 2.33. The molecule has 0 spiro atoms. The highest BCUT2D eigenvalue weighted by Crippen LogP contribution is 2.27. The summed E-state index contributed by atoms with van der Waals surface area (Å²) in [6.45, 7) is 0. The minimum atomic E-state index is -0.770. The Morgan fingerprint density at radius 1 is 1.30 bits per heavy atom. The number of aromatic amines is 2. The first-order valence-corrected chi connectivity index (χ1v) is 6.56. The highest BCUT2D eigenvalue weighted by atomic mass is 16.4. The van der Waals surface area contributed by atoms with Crippen molar-refractivity contribution in [2.24, 2.45) is 0 Å². The van der Waals surface area contributed by atoms with Crippen LogP contribution in [0.3, 0.4) is 0 Å². The molecule has 102 valence electrons. The Bertz CT molecular complexity index is 742. The van der Waals surface area contributed by atoms with Gasteiger partial charge in [0, 0.05) is 35.5 Å². The fraction of sp³-hybridized carbons (Fsp3) is 0.200. The van der Waals surface area contributed by atoms with Crippen molar-refractivity contribution in [3.05, 3.63) is 42.5 Å². The molecule has 0 aliphatic rings. The number of nitrogens with one attached hydrogen (secondary N) is 2. The summed E-state index contributed by atoms with van der Waals surface area (Å²) in [5.74, 6) is 0.0555. The van der Waals surface area contributed by atoms with Gasteiger partial charge in [-0.2, -0.15) is 0 Å². The molecule has 0 fully saturated rings. The van der Waals surface area contributed by atoms with E-state index in [1.807, 2.05) is 24.4 Å². The van der Waals surface area contributed by atoms with E-state index in [-0.39, 0.29) is 6.42 Å². The Balaban J connectivity index is 1.81. The van der Waals surface area contributed by atoms with E-state index in [0.717, 1.165) is 28.0 Å². The normalized spacial score (nSPS) is 11.0. The molecule has 3 aromatic rings. The Morgan fingerprint density at radius 2 is 2.15 bits per heavy atom. The molecule has 0 atom stereocenters. The van der Waals surface area contributed by atoms with Gasteiger partial charge in [0.1, 0.15) is 5.82 Å². The average Bonchev–Trinajstić information content (AvgIpc) is 3.04. The van der Waals surface area contributed by atoms with Gasteiger partial charge in [0.05, 0.1) is 11.9 Å². The monoisotopic (exact) mass is 269 g/mol. The number of hydrogen-bond donors (Lipinski definition) is 3. The molecule has 3 N–H and O–H groups in total. The third kappa shape index (κ3) is 2.42. The molecule has 20 heavy (non-hydrogen) atoms. The molecule has 0 aliphatic heterocycles. The molecule has 2 heterocycles. The standard InChI is InChI=1S/C15H15N3O2/c19-15(20)7-3-6-14-17-9-13(18-14)11-8-16-12-5-2-1-4-10(11)12/h1-2,4-5,8-9,16H,3,6-7H2,(H,17,18)(H,19,20). The number of hydrogen-bond acceptors (Lipinski definition) is 2. The minimum Gasteiger partial charge on any atom is -0.481 e. The smallest absolute Gasteiger partial charge is 0.303 e. The van der Waals surface area contributed by atoms with Gasteiger partial charge in [0.25, 0.3) is 0 Å². The maximum absolute atomic E-state index is 10.5. The summed E-state index contributed by atoms with van der Waals surface area (Å²) in [7, 11) is 0. The van der Waals surface area contributed by atoms with Gasteiger partial charge in [0.15, 0.2) is 0 Å². The summed E-state index contributed by atoms with van der Waals surface area (Å²) < 4.78 is 0. The second-order valence-corrected chi connectivity index (χ2v) is 4.74. The molecule has 0 saturated carbocycles.